The number of nitrogens with zero attached hydrogens (tertiary/aromatic N) is 2. The van der Waals surface area contributed by atoms with E-state index in [2.05, 4.69) is 23.0 Å². The van der Waals surface area contributed by atoms with Gasteiger partial charge in [-0.15, -0.1) is 0 Å². The Kier molecular flexibility index (Phi) is 5.40. The third-order valence-electron chi connectivity index (χ3n) is 2.99. The lowest BCUT2D eigenvalue weighted by Gasteiger charge is -2.10. The molecular formula is C15H18ClN3S. The number of benzene rings is 1. The molecule has 2 aromatic rings. The summed E-state index contributed by atoms with van der Waals surface area (Å²) in [5.74, 6) is 0. The largest absolute Gasteiger partial charge is 0.327 e. The Morgan fingerprint density at radius 3 is 2.80 bits per heavy atom. The molecule has 0 aliphatic carbocycles. The molecule has 1 unspecified atom stereocenters. The summed E-state index contributed by atoms with van der Waals surface area (Å²) in [4.78, 5) is 9.56. The molecule has 20 heavy (non-hydrogen) atoms. The maximum Gasteiger partial charge on any atom is 0.192 e. The summed E-state index contributed by atoms with van der Waals surface area (Å²) >= 11 is 7.80. The van der Waals surface area contributed by atoms with Crippen molar-refractivity contribution in [3.05, 3.63) is 46.7 Å². The average Bonchev–Trinajstić information content (AvgIpc) is 2.42. The molecule has 0 radical (unpaired) electrons. The van der Waals surface area contributed by atoms with Crippen LogP contribution in [0.25, 0.3) is 0 Å². The topological polar surface area (TPSA) is 51.8 Å². The number of rotatable bonds is 5. The number of aromatic nitrogens is 2. The van der Waals surface area contributed by atoms with Crippen molar-refractivity contribution >= 4 is 23.4 Å². The van der Waals surface area contributed by atoms with Crippen molar-refractivity contribution in [2.75, 3.05) is 0 Å². The smallest absolute Gasteiger partial charge is 0.192 e. The van der Waals surface area contributed by atoms with Gasteiger partial charge >= 0.3 is 0 Å². The predicted molar refractivity (Wildman–Crippen MR) is 84.3 cm³/mol. The van der Waals surface area contributed by atoms with E-state index in [1.54, 1.807) is 6.20 Å². The molecular weight excluding hydrogens is 290 g/mol. The molecule has 5 heteroatoms. The third-order valence-corrected chi connectivity index (χ3v) is 4.37. The summed E-state index contributed by atoms with van der Waals surface area (Å²) in [5.41, 5.74) is 8.08. The summed E-state index contributed by atoms with van der Waals surface area (Å²) in [6.45, 7) is 4.04. The summed E-state index contributed by atoms with van der Waals surface area (Å²) in [6, 6.07) is 8.12. The Bertz CT molecular complexity index is 589. The second-order valence-corrected chi connectivity index (χ2v) is 6.14. The fourth-order valence-electron chi connectivity index (χ4n) is 1.77. The molecule has 0 saturated heterocycles. The Morgan fingerprint density at radius 2 is 2.15 bits per heavy atom. The van der Waals surface area contributed by atoms with Gasteiger partial charge in [-0.25, -0.2) is 9.97 Å². The molecule has 0 bridgehead atoms. The van der Waals surface area contributed by atoms with Crippen LogP contribution < -0.4 is 5.73 Å². The number of nitrogens with two attached hydrogens (primary N) is 1. The van der Waals surface area contributed by atoms with Gasteiger partial charge in [0.05, 0.1) is 5.02 Å². The van der Waals surface area contributed by atoms with Crippen LogP contribution >= 0.6 is 23.4 Å². The molecule has 1 aromatic heterocycles. The van der Waals surface area contributed by atoms with E-state index in [1.807, 2.05) is 25.1 Å². The van der Waals surface area contributed by atoms with E-state index >= 15 is 0 Å². The van der Waals surface area contributed by atoms with E-state index in [1.165, 1.54) is 17.3 Å². The predicted octanol–water partition coefficient (Wildman–Crippen LogP) is 3.87. The van der Waals surface area contributed by atoms with Gasteiger partial charge in [0.15, 0.2) is 5.16 Å². The van der Waals surface area contributed by atoms with Gasteiger partial charge in [-0.05, 0) is 55.3 Å². The molecule has 1 aromatic carbocycles. The van der Waals surface area contributed by atoms with Gasteiger partial charge in [0.2, 0.25) is 0 Å². The van der Waals surface area contributed by atoms with Gasteiger partial charge in [0.1, 0.15) is 0 Å². The molecule has 0 spiro atoms. The minimum atomic E-state index is 0.185. The van der Waals surface area contributed by atoms with Crippen LogP contribution in [-0.2, 0) is 6.42 Å². The standard InChI is InChI=1S/C15H18ClN3S/c1-3-12(17)8-11-4-5-14(13(16)9-11)20-15-18-7-6-10(2)19-15/h4-7,9,12H,3,8,17H2,1-2H3. The first-order chi connectivity index (χ1) is 9.58. The number of hydrogen-bond donors (Lipinski definition) is 1. The van der Waals surface area contributed by atoms with Crippen molar-refractivity contribution in [1.29, 1.82) is 0 Å². The molecule has 1 atom stereocenters. The highest BCUT2D eigenvalue weighted by Gasteiger charge is 2.08. The highest BCUT2D eigenvalue weighted by molar-refractivity contribution is 7.99. The zero-order valence-corrected chi connectivity index (χ0v) is 13.2. The Hall–Kier alpha value is -1.10. The van der Waals surface area contributed by atoms with E-state index in [4.69, 9.17) is 17.3 Å². The first-order valence-electron chi connectivity index (χ1n) is 6.60. The highest BCUT2D eigenvalue weighted by Crippen LogP contribution is 2.32. The molecule has 1 heterocycles. The Morgan fingerprint density at radius 1 is 1.35 bits per heavy atom. The number of hydrogen-bond acceptors (Lipinski definition) is 4. The molecule has 2 rings (SSSR count). The van der Waals surface area contributed by atoms with Crippen LogP contribution in [0.15, 0.2) is 40.5 Å². The van der Waals surface area contributed by atoms with E-state index in [0.29, 0.717) is 5.16 Å². The SMILES string of the molecule is CCC(N)Cc1ccc(Sc2nccc(C)n2)c(Cl)c1. The fourth-order valence-corrected chi connectivity index (χ4v) is 2.89. The molecule has 0 aliphatic heterocycles. The van der Waals surface area contributed by atoms with Gasteiger partial charge in [-0.2, -0.15) is 0 Å². The molecule has 0 saturated carbocycles. The minimum Gasteiger partial charge on any atom is -0.327 e. The summed E-state index contributed by atoms with van der Waals surface area (Å²) in [6.07, 6.45) is 3.57. The van der Waals surface area contributed by atoms with Crippen LogP contribution in [0.2, 0.25) is 5.02 Å². The lowest BCUT2D eigenvalue weighted by molar-refractivity contribution is 0.646. The zero-order chi connectivity index (χ0) is 14.5. The van der Waals surface area contributed by atoms with Crippen LogP contribution in [0, 0.1) is 6.92 Å². The minimum absolute atomic E-state index is 0.185. The number of aryl methyl sites for hydroxylation is 1. The van der Waals surface area contributed by atoms with Gasteiger partial charge in [0.25, 0.3) is 0 Å². The zero-order valence-electron chi connectivity index (χ0n) is 11.6. The van der Waals surface area contributed by atoms with Crippen LogP contribution in [0.5, 0.6) is 0 Å². The molecule has 3 nitrogen and oxygen atoms in total. The van der Waals surface area contributed by atoms with Gasteiger partial charge < -0.3 is 5.73 Å². The van der Waals surface area contributed by atoms with Gasteiger partial charge in [-0.1, -0.05) is 24.6 Å². The molecule has 106 valence electrons. The first kappa shape index (κ1) is 15.3. The monoisotopic (exact) mass is 307 g/mol. The quantitative estimate of drug-likeness (QED) is 0.852. The van der Waals surface area contributed by atoms with Crippen molar-refractivity contribution in [2.45, 2.75) is 42.8 Å². The summed E-state index contributed by atoms with van der Waals surface area (Å²) in [5, 5.41) is 1.44. The van der Waals surface area contributed by atoms with Crippen molar-refractivity contribution in [3.63, 3.8) is 0 Å². The van der Waals surface area contributed by atoms with Crippen LogP contribution in [0.4, 0.5) is 0 Å². The fraction of sp³-hybridized carbons (Fsp3) is 0.333. The van der Waals surface area contributed by atoms with E-state index in [-0.39, 0.29) is 6.04 Å². The van der Waals surface area contributed by atoms with Crippen LogP contribution in [0.1, 0.15) is 24.6 Å². The summed E-state index contributed by atoms with van der Waals surface area (Å²) in [7, 11) is 0. The van der Waals surface area contributed by atoms with E-state index in [0.717, 1.165) is 28.5 Å². The first-order valence-corrected chi connectivity index (χ1v) is 7.79. The van der Waals surface area contributed by atoms with Crippen molar-refractivity contribution in [2.24, 2.45) is 5.73 Å². The average molecular weight is 308 g/mol. The molecule has 0 aliphatic rings. The Labute approximate surface area is 129 Å². The Balaban J connectivity index is 2.13. The molecule has 0 fully saturated rings. The third kappa shape index (κ3) is 4.20. The second-order valence-electron chi connectivity index (χ2n) is 4.72. The normalized spacial score (nSPS) is 12.4. The maximum absolute atomic E-state index is 6.33. The van der Waals surface area contributed by atoms with Crippen molar-refractivity contribution in [3.8, 4) is 0 Å². The second kappa shape index (κ2) is 7.07. The van der Waals surface area contributed by atoms with E-state index in [9.17, 15) is 0 Å². The van der Waals surface area contributed by atoms with E-state index < -0.39 is 0 Å². The summed E-state index contributed by atoms with van der Waals surface area (Å²) < 4.78 is 0. The van der Waals surface area contributed by atoms with Crippen LogP contribution in [0.3, 0.4) is 0 Å². The van der Waals surface area contributed by atoms with Crippen molar-refractivity contribution < 1.29 is 0 Å². The maximum atomic E-state index is 6.33. The van der Waals surface area contributed by atoms with Gasteiger partial charge in [-0.3, -0.25) is 0 Å². The van der Waals surface area contributed by atoms with Crippen molar-refractivity contribution in [1.82, 2.24) is 9.97 Å². The van der Waals surface area contributed by atoms with Gasteiger partial charge in [0, 0.05) is 22.8 Å². The highest BCUT2D eigenvalue weighted by atomic mass is 35.5. The van der Waals surface area contributed by atoms with Crippen LogP contribution in [-0.4, -0.2) is 16.0 Å². The molecule has 2 N–H and O–H groups in total. The molecule has 0 amide bonds. The lowest BCUT2D eigenvalue weighted by atomic mass is 10.1. The lowest BCUT2D eigenvalue weighted by Crippen LogP contribution is -2.21. The number of halogens is 1.